The zero-order valence-corrected chi connectivity index (χ0v) is 11.9. The van der Waals surface area contributed by atoms with E-state index >= 15 is 0 Å². The maximum Gasteiger partial charge on any atom is 0.203 e. The van der Waals surface area contributed by atoms with Crippen molar-refractivity contribution in [2.75, 3.05) is 26.6 Å². The van der Waals surface area contributed by atoms with Crippen molar-refractivity contribution in [2.45, 2.75) is 6.54 Å². The third-order valence-electron chi connectivity index (χ3n) is 2.99. The summed E-state index contributed by atoms with van der Waals surface area (Å²) < 4.78 is 16.1. The van der Waals surface area contributed by atoms with E-state index in [9.17, 15) is 0 Å². The number of H-pyrrole nitrogens is 1. The highest BCUT2D eigenvalue weighted by atomic mass is 16.5. The van der Waals surface area contributed by atoms with Gasteiger partial charge in [0.25, 0.3) is 0 Å². The first-order chi connectivity index (χ1) is 9.80. The number of benzene rings is 1. The fourth-order valence-corrected chi connectivity index (χ4v) is 2.00. The Labute approximate surface area is 118 Å². The summed E-state index contributed by atoms with van der Waals surface area (Å²) in [5, 5.41) is 3.33. The Kier molecular flexibility index (Phi) is 4.65. The minimum Gasteiger partial charge on any atom is -0.493 e. The first kappa shape index (κ1) is 14.0. The number of methoxy groups -OCH3 is 3. The van der Waals surface area contributed by atoms with E-state index in [0.717, 1.165) is 11.3 Å². The Morgan fingerprint density at radius 3 is 2.20 bits per heavy atom. The van der Waals surface area contributed by atoms with Crippen molar-refractivity contribution in [1.82, 2.24) is 0 Å². The topological polar surface area (TPSA) is 53.9 Å². The molecule has 0 spiro atoms. The van der Waals surface area contributed by atoms with Crippen LogP contribution in [-0.4, -0.2) is 21.3 Å². The minimum atomic E-state index is 0.607. The van der Waals surface area contributed by atoms with E-state index in [1.54, 1.807) is 21.3 Å². The van der Waals surface area contributed by atoms with Crippen molar-refractivity contribution >= 4 is 5.69 Å². The second kappa shape index (κ2) is 6.65. The molecule has 0 fully saturated rings. The molecule has 0 saturated heterocycles. The zero-order valence-electron chi connectivity index (χ0n) is 11.9. The molecule has 1 aromatic carbocycles. The van der Waals surface area contributed by atoms with Crippen LogP contribution in [-0.2, 0) is 6.54 Å². The van der Waals surface area contributed by atoms with Gasteiger partial charge in [-0.05, 0) is 12.1 Å². The molecule has 2 rings (SSSR count). The molecule has 0 saturated carbocycles. The molecule has 2 N–H and O–H groups in total. The van der Waals surface area contributed by atoms with E-state index < -0.39 is 0 Å². The number of anilines is 1. The Morgan fingerprint density at radius 1 is 0.900 bits per heavy atom. The van der Waals surface area contributed by atoms with Crippen LogP contribution in [0, 0.1) is 0 Å². The quantitative estimate of drug-likeness (QED) is 0.877. The van der Waals surface area contributed by atoms with Crippen molar-refractivity contribution in [2.24, 2.45) is 0 Å². The van der Waals surface area contributed by atoms with Crippen LogP contribution in [0.2, 0.25) is 0 Å². The Bertz CT molecular complexity index is 559. The lowest BCUT2D eigenvalue weighted by Crippen LogP contribution is -2.05. The van der Waals surface area contributed by atoms with Gasteiger partial charge in [-0.15, -0.1) is 0 Å². The molecule has 0 amide bonds. The fraction of sp³-hybridized carbons (Fsp3) is 0.267. The summed E-state index contributed by atoms with van der Waals surface area (Å²) in [5.74, 6) is 1.94. The van der Waals surface area contributed by atoms with Crippen LogP contribution in [0.25, 0.3) is 0 Å². The third kappa shape index (κ3) is 2.93. The summed E-state index contributed by atoms with van der Waals surface area (Å²) in [7, 11) is 4.83. The molecule has 106 valence electrons. The van der Waals surface area contributed by atoms with E-state index in [0.29, 0.717) is 23.8 Å². The van der Waals surface area contributed by atoms with E-state index in [1.165, 1.54) is 0 Å². The highest BCUT2D eigenvalue weighted by Gasteiger charge is 2.15. The molecule has 0 aliphatic heterocycles. The Hall–Kier alpha value is -2.43. The van der Waals surface area contributed by atoms with Gasteiger partial charge in [-0.25, -0.2) is 4.98 Å². The number of pyridine rings is 1. The molecule has 1 aromatic heterocycles. The molecular formula is C15H19N2O3+. The normalized spacial score (nSPS) is 9.95. The van der Waals surface area contributed by atoms with Crippen molar-refractivity contribution in [3.63, 3.8) is 0 Å². The van der Waals surface area contributed by atoms with Crippen LogP contribution in [0.15, 0.2) is 36.7 Å². The van der Waals surface area contributed by atoms with Crippen LogP contribution in [0.3, 0.4) is 0 Å². The van der Waals surface area contributed by atoms with Gasteiger partial charge in [0.1, 0.15) is 0 Å². The smallest absolute Gasteiger partial charge is 0.203 e. The fourth-order valence-electron chi connectivity index (χ4n) is 2.00. The van der Waals surface area contributed by atoms with E-state index in [1.807, 2.05) is 36.7 Å². The second-order valence-corrected chi connectivity index (χ2v) is 4.14. The summed E-state index contributed by atoms with van der Waals surface area (Å²) >= 11 is 0. The largest absolute Gasteiger partial charge is 0.493 e. The number of aromatic amines is 1. The summed E-state index contributed by atoms with van der Waals surface area (Å²) in [4.78, 5) is 2.99. The number of ether oxygens (including phenoxy) is 3. The predicted octanol–water partition coefficient (Wildman–Crippen LogP) is 2.14. The monoisotopic (exact) mass is 275 g/mol. The van der Waals surface area contributed by atoms with E-state index in [2.05, 4.69) is 10.3 Å². The second-order valence-electron chi connectivity index (χ2n) is 4.14. The number of hydrogen-bond donors (Lipinski definition) is 1. The number of nitrogens with one attached hydrogen (secondary N) is 2. The first-order valence-electron chi connectivity index (χ1n) is 6.28. The van der Waals surface area contributed by atoms with Crippen LogP contribution in [0.1, 0.15) is 5.56 Å². The average molecular weight is 275 g/mol. The highest BCUT2D eigenvalue weighted by molar-refractivity contribution is 5.56. The van der Waals surface area contributed by atoms with Crippen molar-refractivity contribution in [1.29, 1.82) is 0 Å². The number of rotatable bonds is 6. The van der Waals surface area contributed by atoms with Gasteiger partial charge in [-0.3, -0.25) is 0 Å². The molecule has 0 aliphatic rings. The van der Waals surface area contributed by atoms with Gasteiger partial charge in [0.05, 0.1) is 21.3 Å². The van der Waals surface area contributed by atoms with Crippen LogP contribution in [0.4, 0.5) is 5.69 Å². The maximum absolute atomic E-state index is 5.45. The Balaban J connectivity index is 2.23. The molecule has 0 unspecified atom stereocenters. The lowest BCUT2D eigenvalue weighted by atomic mass is 10.1. The number of hydrogen-bond acceptors (Lipinski definition) is 4. The number of aromatic nitrogens is 1. The van der Waals surface area contributed by atoms with Crippen molar-refractivity contribution in [3.8, 4) is 17.2 Å². The summed E-state index contributed by atoms with van der Waals surface area (Å²) in [6.45, 7) is 0.632. The molecule has 0 bridgehead atoms. The lowest BCUT2D eigenvalue weighted by molar-refractivity contribution is -0.377. The zero-order chi connectivity index (χ0) is 14.4. The molecule has 0 aliphatic carbocycles. The molecule has 0 radical (unpaired) electrons. The van der Waals surface area contributed by atoms with Crippen LogP contribution < -0.4 is 24.5 Å². The molecule has 1 heterocycles. The molecule has 20 heavy (non-hydrogen) atoms. The summed E-state index contributed by atoms with van der Waals surface area (Å²) in [5.41, 5.74) is 2.03. The minimum absolute atomic E-state index is 0.607. The van der Waals surface area contributed by atoms with Gasteiger partial charge in [-0.1, -0.05) is 0 Å². The van der Waals surface area contributed by atoms with Crippen molar-refractivity contribution in [3.05, 3.63) is 42.2 Å². The predicted molar refractivity (Wildman–Crippen MR) is 76.4 cm³/mol. The van der Waals surface area contributed by atoms with Gasteiger partial charge in [-0.2, -0.15) is 0 Å². The van der Waals surface area contributed by atoms with Gasteiger partial charge in [0, 0.05) is 29.9 Å². The molecular weight excluding hydrogens is 256 g/mol. The van der Waals surface area contributed by atoms with Crippen LogP contribution in [0.5, 0.6) is 17.2 Å². The summed E-state index contributed by atoms with van der Waals surface area (Å²) in [6.07, 6.45) is 3.74. The molecule has 2 aromatic rings. The lowest BCUT2D eigenvalue weighted by Gasteiger charge is -2.16. The highest BCUT2D eigenvalue weighted by Crippen LogP contribution is 2.39. The van der Waals surface area contributed by atoms with Crippen molar-refractivity contribution < 1.29 is 19.2 Å². The van der Waals surface area contributed by atoms with Gasteiger partial charge >= 0.3 is 0 Å². The molecule has 5 nitrogen and oxygen atoms in total. The maximum atomic E-state index is 5.45. The first-order valence-corrected chi connectivity index (χ1v) is 6.28. The van der Waals surface area contributed by atoms with Gasteiger partial charge in [0.2, 0.25) is 5.75 Å². The van der Waals surface area contributed by atoms with E-state index in [-0.39, 0.29) is 0 Å². The third-order valence-corrected chi connectivity index (χ3v) is 2.99. The molecule has 0 atom stereocenters. The Morgan fingerprint density at radius 2 is 1.60 bits per heavy atom. The SMILES string of the molecule is COc1ccc(CNc2cc[nH+]cc2)c(OC)c1OC. The van der Waals surface area contributed by atoms with E-state index in [4.69, 9.17) is 14.2 Å². The van der Waals surface area contributed by atoms with Crippen LogP contribution >= 0.6 is 0 Å². The van der Waals surface area contributed by atoms with Gasteiger partial charge < -0.3 is 19.5 Å². The average Bonchev–Trinajstić information content (AvgIpc) is 2.52. The standard InChI is InChI=1S/C15H18N2O3/c1-18-13-5-4-11(14(19-2)15(13)20-3)10-17-12-6-8-16-9-7-12/h4-9H,10H2,1-3H3,(H,16,17)/p+1. The molecule has 5 heteroatoms. The summed E-state index contributed by atoms with van der Waals surface area (Å²) in [6, 6.07) is 7.76. The van der Waals surface area contributed by atoms with Gasteiger partial charge in [0.15, 0.2) is 23.9 Å².